The molecular weight excluding hydrogens is 619 g/mol. The summed E-state index contributed by atoms with van der Waals surface area (Å²) in [6, 6.07) is 44.4. The third-order valence-corrected chi connectivity index (χ3v) is 9.17. The number of hydrogen-bond acceptors (Lipinski definition) is 2. The van der Waals surface area contributed by atoms with E-state index in [0.29, 0.717) is 11.1 Å². The van der Waals surface area contributed by atoms with Gasteiger partial charge in [0.2, 0.25) is 0 Å². The van der Waals surface area contributed by atoms with Gasteiger partial charge in [0.25, 0.3) is 0 Å². The molecule has 0 bridgehead atoms. The van der Waals surface area contributed by atoms with Crippen LogP contribution in [0.15, 0.2) is 178 Å². The summed E-state index contributed by atoms with van der Waals surface area (Å²) in [5, 5.41) is 2.19. The van der Waals surface area contributed by atoms with Crippen molar-refractivity contribution < 1.29 is 4.79 Å². The fourth-order valence-electron chi connectivity index (χ4n) is 6.45. The fourth-order valence-corrected chi connectivity index (χ4v) is 6.45. The Hall–Kier alpha value is -6.51. The van der Waals surface area contributed by atoms with Gasteiger partial charge in [0.05, 0.1) is 0 Å². The van der Waals surface area contributed by atoms with E-state index in [-0.39, 0.29) is 5.78 Å². The molecule has 0 fully saturated rings. The summed E-state index contributed by atoms with van der Waals surface area (Å²) in [6.07, 6.45) is 11.1. The molecular formula is C49H41NO. The highest BCUT2D eigenvalue weighted by molar-refractivity contribution is 6.12. The number of anilines is 3. The number of aryl methyl sites for hydroxylation is 1. The largest absolute Gasteiger partial charge is 0.310 e. The fraction of sp³-hybridized carbons (Fsp3) is 0.0408. The zero-order valence-corrected chi connectivity index (χ0v) is 29.3. The van der Waals surface area contributed by atoms with E-state index in [9.17, 15) is 4.79 Å². The molecule has 6 aromatic rings. The molecule has 51 heavy (non-hydrogen) atoms. The quantitative estimate of drug-likeness (QED) is 0.0740. The molecule has 0 unspecified atom stereocenters. The van der Waals surface area contributed by atoms with Gasteiger partial charge in [-0.05, 0) is 129 Å². The Labute approximate surface area is 302 Å². The topological polar surface area (TPSA) is 20.3 Å². The van der Waals surface area contributed by atoms with E-state index in [0.717, 1.165) is 66.8 Å². The van der Waals surface area contributed by atoms with Gasteiger partial charge in [0.1, 0.15) is 0 Å². The molecule has 2 nitrogen and oxygen atoms in total. The minimum atomic E-state index is 0.00166. The third kappa shape index (κ3) is 7.41. The molecule has 0 N–H and O–H groups in total. The summed E-state index contributed by atoms with van der Waals surface area (Å²) in [5.41, 5.74) is 12.7. The summed E-state index contributed by atoms with van der Waals surface area (Å²) in [7, 11) is 0. The number of fused-ring (bicyclic) bond motifs is 1. The van der Waals surface area contributed by atoms with E-state index in [1.165, 1.54) is 5.56 Å². The van der Waals surface area contributed by atoms with Crippen molar-refractivity contribution in [1.29, 1.82) is 0 Å². The van der Waals surface area contributed by atoms with Crippen LogP contribution < -0.4 is 4.90 Å². The van der Waals surface area contributed by atoms with Crippen LogP contribution in [0.2, 0.25) is 0 Å². The SMILES string of the molecule is C=C/C=C(\C=C)c1ccc(N(c2ccc(-c3ccccc3)cc2)c2ccc3cc(C=C(C)C(=O)c4cc(C=C)c(C=C)cc4C)ccc3c2)cc1. The highest BCUT2D eigenvalue weighted by atomic mass is 16.1. The molecule has 6 rings (SSSR count). The number of benzene rings is 6. The maximum Gasteiger partial charge on any atom is 0.189 e. The predicted molar refractivity (Wildman–Crippen MR) is 222 cm³/mol. The average Bonchev–Trinajstić information content (AvgIpc) is 3.17. The molecule has 6 aromatic carbocycles. The molecule has 0 heterocycles. The van der Waals surface area contributed by atoms with Gasteiger partial charge in [0.15, 0.2) is 5.78 Å². The van der Waals surface area contributed by atoms with E-state index in [1.807, 2.05) is 50.3 Å². The van der Waals surface area contributed by atoms with Crippen LogP contribution in [0.1, 0.15) is 45.1 Å². The van der Waals surface area contributed by atoms with E-state index in [2.05, 4.69) is 140 Å². The van der Waals surface area contributed by atoms with Crippen molar-refractivity contribution >= 4 is 57.4 Å². The molecule has 0 aromatic heterocycles. The van der Waals surface area contributed by atoms with E-state index < -0.39 is 0 Å². The van der Waals surface area contributed by atoms with Crippen LogP contribution in [-0.2, 0) is 0 Å². The zero-order valence-electron chi connectivity index (χ0n) is 29.3. The summed E-state index contributed by atoms with van der Waals surface area (Å²) in [4.78, 5) is 15.8. The molecule has 0 atom stereocenters. The van der Waals surface area contributed by atoms with Crippen molar-refractivity contribution in [3.63, 3.8) is 0 Å². The Morgan fingerprint density at radius 2 is 1.22 bits per heavy atom. The summed E-state index contributed by atoms with van der Waals surface area (Å²) >= 11 is 0. The summed E-state index contributed by atoms with van der Waals surface area (Å²) in [5.74, 6) is 0.00166. The third-order valence-electron chi connectivity index (χ3n) is 9.17. The lowest BCUT2D eigenvalue weighted by Crippen LogP contribution is -2.10. The summed E-state index contributed by atoms with van der Waals surface area (Å²) in [6.45, 7) is 19.5. The first-order valence-corrected chi connectivity index (χ1v) is 17.0. The number of allylic oxidation sites excluding steroid dienone is 5. The van der Waals surface area contributed by atoms with Gasteiger partial charge in [-0.25, -0.2) is 0 Å². The predicted octanol–water partition coefficient (Wildman–Crippen LogP) is 13.6. The molecule has 0 spiro atoms. The Morgan fingerprint density at radius 1 is 0.627 bits per heavy atom. The lowest BCUT2D eigenvalue weighted by molar-refractivity contribution is 0.103. The number of carbonyl (C=O) groups excluding carboxylic acids is 1. The van der Waals surface area contributed by atoms with Gasteiger partial charge >= 0.3 is 0 Å². The molecule has 0 aliphatic carbocycles. The molecule has 248 valence electrons. The minimum absolute atomic E-state index is 0.00166. The van der Waals surface area contributed by atoms with Crippen molar-refractivity contribution in [3.8, 4) is 11.1 Å². The summed E-state index contributed by atoms with van der Waals surface area (Å²) < 4.78 is 0. The van der Waals surface area contributed by atoms with Crippen LogP contribution in [0.5, 0.6) is 0 Å². The second-order valence-electron chi connectivity index (χ2n) is 12.5. The molecule has 0 radical (unpaired) electrons. The van der Waals surface area contributed by atoms with E-state index in [4.69, 9.17) is 0 Å². The Kier molecular flexibility index (Phi) is 10.3. The highest BCUT2D eigenvalue weighted by Crippen LogP contribution is 2.38. The van der Waals surface area contributed by atoms with Gasteiger partial charge < -0.3 is 4.90 Å². The van der Waals surface area contributed by atoms with Gasteiger partial charge in [-0.3, -0.25) is 4.79 Å². The van der Waals surface area contributed by atoms with Crippen molar-refractivity contribution in [2.75, 3.05) is 4.90 Å². The van der Waals surface area contributed by atoms with Crippen LogP contribution in [0.4, 0.5) is 17.1 Å². The zero-order chi connectivity index (χ0) is 35.9. The van der Waals surface area contributed by atoms with Crippen LogP contribution >= 0.6 is 0 Å². The van der Waals surface area contributed by atoms with Crippen LogP contribution in [0, 0.1) is 6.92 Å². The second kappa shape index (κ2) is 15.4. The Bertz CT molecular complexity index is 2340. The number of rotatable bonds is 12. The number of carbonyl (C=O) groups is 1. The van der Waals surface area contributed by atoms with Crippen LogP contribution in [-0.4, -0.2) is 5.78 Å². The minimum Gasteiger partial charge on any atom is -0.310 e. The number of hydrogen-bond donors (Lipinski definition) is 0. The molecule has 0 amide bonds. The van der Waals surface area contributed by atoms with Gasteiger partial charge in [-0.2, -0.15) is 0 Å². The van der Waals surface area contributed by atoms with Crippen molar-refractivity contribution in [2.45, 2.75) is 13.8 Å². The smallest absolute Gasteiger partial charge is 0.189 e. The number of Topliss-reactive ketones (excluding diaryl/α,β-unsaturated/α-hetero) is 1. The monoisotopic (exact) mass is 659 g/mol. The van der Waals surface area contributed by atoms with Crippen LogP contribution in [0.3, 0.4) is 0 Å². The van der Waals surface area contributed by atoms with Crippen molar-refractivity contribution in [1.82, 2.24) is 0 Å². The molecule has 0 saturated carbocycles. The standard InChI is InChI=1S/C49H41NO/c1-7-14-37(8-2)41-19-24-45(25-20-41)50(46-26-21-42(22-27-46)40-15-12-11-13-16-40)47-28-23-43-31-36(17-18-44(43)32-47)29-35(6)49(51)48-33-39(10-4)38(9-3)30-34(48)5/h7-33H,1-4H2,5-6H3/b35-29?,37-14+. The normalized spacial score (nSPS) is 11.6. The number of nitrogens with zero attached hydrogens (tertiary/aromatic N) is 1. The van der Waals surface area contributed by atoms with Crippen LogP contribution in [0.25, 0.3) is 45.7 Å². The van der Waals surface area contributed by atoms with E-state index in [1.54, 1.807) is 18.2 Å². The highest BCUT2D eigenvalue weighted by Gasteiger charge is 2.16. The first-order chi connectivity index (χ1) is 24.8. The average molecular weight is 660 g/mol. The Balaban J connectivity index is 1.35. The molecule has 2 heteroatoms. The number of ketones is 1. The maximum absolute atomic E-state index is 13.6. The molecule has 0 aliphatic heterocycles. The molecule has 0 saturated heterocycles. The van der Waals surface area contributed by atoms with E-state index >= 15 is 0 Å². The lowest BCUT2D eigenvalue weighted by atomic mass is 9.93. The first-order valence-electron chi connectivity index (χ1n) is 17.0. The van der Waals surface area contributed by atoms with Gasteiger partial charge in [0, 0.05) is 22.6 Å². The van der Waals surface area contributed by atoms with Crippen molar-refractivity contribution in [2.24, 2.45) is 0 Å². The maximum atomic E-state index is 13.6. The van der Waals surface area contributed by atoms with Gasteiger partial charge in [-0.1, -0.05) is 136 Å². The van der Waals surface area contributed by atoms with Crippen molar-refractivity contribution in [3.05, 3.63) is 211 Å². The first kappa shape index (κ1) is 34.4. The molecule has 0 aliphatic rings. The second-order valence-corrected chi connectivity index (χ2v) is 12.5. The lowest BCUT2D eigenvalue weighted by Gasteiger charge is -2.26. The van der Waals surface area contributed by atoms with Gasteiger partial charge in [-0.15, -0.1) is 0 Å². The Morgan fingerprint density at radius 3 is 1.86 bits per heavy atom.